The minimum atomic E-state index is -4.34. The summed E-state index contributed by atoms with van der Waals surface area (Å²) < 4.78 is 43.3. The number of alkyl halides is 3. The molecule has 1 aliphatic carbocycles. The van der Waals surface area contributed by atoms with E-state index in [2.05, 4.69) is 0 Å². The molecule has 0 spiro atoms. The molecule has 1 aromatic rings. The molecule has 1 atom stereocenters. The van der Waals surface area contributed by atoms with Crippen molar-refractivity contribution in [1.29, 1.82) is 0 Å². The second-order valence-corrected chi connectivity index (χ2v) is 5.38. The second kappa shape index (κ2) is 6.48. The van der Waals surface area contributed by atoms with Crippen molar-refractivity contribution in [2.45, 2.75) is 31.9 Å². The predicted octanol–water partition coefficient (Wildman–Crippen LogP) is 3.85. The topological polar surface area (TPSA) is 35.2 Å². The molecule has 1 aliphatic rings. The Labute approximate surface area is 117 Å². The van der Waals surface area contributed by atoms with Crippen LogP contribution in [-0.4, -0.2) is 13.2 Å². The van der Waals surface area contributed by atoms with Crippen molar-refractivity contribution < 1.29 is 17.9 Å². The van der Waals surface area contributed by atoms with Gasteiger partial charge in [0, 0.05) is 5.92 Å². The van der Waals surface area contributed by atoms with Crippen LogP contribution in [0.15, 0.2) is 24.3 Å². The highest BCUT2D eigenvalue weighted by Gasteiger charge is 2.31. The molecule has 1 unspecified atom stereocenters. The lowest BCUT2D eigenvalue weighted by Gasteiger charge is -2.22. The Morgan fingerprint density at radius 3 is 2.55 bits per heavy atom. The Morgan fingerprint density at radius 2 is 1.95 bits per heavy atom. The van der Waals surface area contributed by atoms with Crippen molar-refractivity contribution in [3.8, 4) is 5.75 Å². The minimum Gasteiger partial charge on any atom is -0.493 e. The molecule has 0 aliphatic heterocycles. The standard InChI is InChI=1S/C15H20F3NO/c16-15(17,18)13-6-3-7-14(8-13)20-10-12(9-19)11-4-1-2-5-11/h3,6-8,11-12H,1-2,4-5,9-10,19H2. The summed E-state index contributed by atoms with van der Waals surface area (Å²) in [6, 6.07) is 5.01. The van der Waals surface area contributed by atoms with Crippen LogP contribution in [0.25, 0.3) is 0 Å². The van der Waals surface area contributed by atoms with Crippen molar-refractivity contribution in [2.24, 2.45) is 17.6 Å². The molecule has 2 rings (SSSR count). The van der Waals surface area contributed by atoms with Gasteiger partial charge in [-0.1, -0.05) is 31.7 Å². The first-order valence-electron chi connectivity index (χ1n) is 7.01. The minimum absolute atomic E-state index is 0.229. The van der Waals surface area contributed by atoms with E-state index in [1.54, 1.807) is 6.07 Å². The van der Waals surface area contributed by atoms with E-state index >= 15 is 0 Å². The Morgan fingerprint density at radius 1 is 1.25 bits per heavy atom. The van der Waals surface area contributed by atoms with Gasteiger partial charge in [-0.05, 0) is 30.7 Å². The Bertz CT molecular complexity index is 427. The molecule has 1 aromatic carbocycles. The zero-order chi connectivity index (χ0) is 14.6. The highest BCUT2D eigenvalue weighted by atomic mass is 19.4. The fourth-order valence-electron chi connectivity index (χ4n) is 2.79. The smallest absolute Gasteiger partial charge is 0.416 e. The molecule has 0 bridgehead atoms. The monoisotopic (exact) mass is 287 g/mol. The molecule has 0 radical (unpaired) electrons. The average Bonchev–Trinajstić information content (AvgIpc) is 2.93. The summed E-state index contributed by atoms with van der Waals surface area (Å²) in [7, 11) is 0. The fraction of sp³-hybridized carbons (Fsp3) is 0.600. The maximum Gasteiger partial charge on any atom is 0.416 e. The van der Waals surface area contributed by atoms with E-state index < -0.39 is 11.7 Å². The highest BCUT2D eigenvalue weighted by molar-refractivity contribution is 5.30. The number of benzene rings is 1. The number of ether oxygens (including phenoxy) is 1. The summed E-state index contributed by atoms with van der Waals surface area (Å²) in [6.07, 6.45) is 0.384. The van der Waals surface area contributed by atoms with Crippen LogP contribution < -0.4 is 10.5 Å². The van der Waals surface area contributed by atoms with Crippen LogP contribution in [0.4, 0.5) is 13.2 Å². The molecule has 2 N–H and O–H groups in total. The lowest BCUT2D eigenvalue weighted by molar-refractivity contribution is -0.137. The molecule has 2 nitrogen and oxygen atoms in total. The quantitative estimate of drug-likeness (QED) is 0.892. The second-order valence-electron chi connectivity index (χ2n) is 5.38. The van der Waals surface area contributed by atoms with Gasteiger partial charge in [-0.3, -0.25) is 0 Å². The van der Waals surface area contributed by atoms with Gasteiger partial charge >= 0.3 is 6.18 Å². The molecular formula is C15H20F3NO. The molecule has 0 amide bonds. The summed E-state index contributed by atoms with van der Waals surface area (Å²) in [6.45, 7) is 0.909. The van der Waals surface area contributed by atoms with Gasteiger partial charge in [-0.15, -0.1) is 0 Å². The molecular weight excluding hydrogens is 267 g/mol. The van der Waals surface area contributed by atoms with Gasteiger partial charge in [0.25, 0.3) is 0 Å². The van der Waals surface area contributed by atoms with Crippen molar-refractivity contribution in [3.05, 3.63) is 29.8 Å². The van der Waals surface area contributed by atoms with Crippen LogP contribution in [0.2, 0.25) is 0 Å². The Balaban J connectivity index is 1.95. The predicted molar refractivity (Wildman–Crippen MR) is 71.4 cm³/mol. The lowest BCUT2D eigenvalue weighted by Crippen LogP contribution is -2.27. The van der Waals surface area contributed by atoms with Crippen LogP contribution in [0.5, 0.6) is 5.75 Å². The molecule has 1 fully saturated rings. The third-order valence-electron chi connectivity index (χ3n) is 3.99. The van der Waals surface area contributed by atoms with Crippen molar-refractivity contribution in [3.63, 3.8) is 0 Å². The number of rotatable bonds is 5. The van der Waals surface area contributed by atoms with Crippen molar-refractivity contribution >= 4 is 0 Å². The number of nitrogens with two attached hydrogens (primary N) is 1. The third kappa shape index (κ3) is 3.88. The van der Waals surface area contributed by atoms with E-state index in [1.807, 2.05) is 0 Å². The number of hydrogen-bond donors (Lipinski definition) is 1. The number of halogens is 3. The summed E-state index contributed by atoms with van der Waals surface area (Å²) in [5, 5.41) is 0. The van der Waals surface area contributed by atoms with E-state index in [4.69, 9.17) is 10.5 Å². The third-order valence-corrected chi connectivity index (χ3v) is 3.99. The van der Waals surface area contributed by atoms with Gasteiger partial charge in [-0.25, -0.2) is 0 Å². The maximum atomic E-state index is 12.6. The molecule has 0 saturated heterocycles. The highest BCUT2D eigenvalue weighted by Crippen LogP contribution is 2.33. The molecule has 5 heteroatoms. The van der Waals surface area contributed by atoms with Gasteiger partial charge in [0.15, 0.2) is 0 Å². The van der Waals surface area contributed by atoms with E-state index in [9.17, 15) is 13.2 Å². The SMILES string of the molecule is NCC(COc1cccc(C(F)(F)F)c1)C1CCCC1. The van der Waals surface area contributed by atoms with Crippen LogP contribution >= 0.6 is 0 Å². The van der Waals surface area contributed by atoms with Crippen LogP contribution in [-0.2, 0) is 6.18 Å². The maximum absolute atomic E-state index is 12.6. The Hall–Kier alpha value is -1.23. The average molecular weight is 287 g/mol. The van der Waals surface area contributed by atoms with E-state index in [-0.39, 0.29) is 11.7 Å². The lowest BCUT2D eigenvalue weighted by atomic mass is 9.92. The molecule has 0 heterocycles. The molecule has 112 valence electrons. The van der Waals surface area contributed by atoms with Crippen LogP contribution in [0.3, 0.4) is 0 Å². The van der Waals surface area contributed by atoms with Gasteiger partial charge in [-0.2, -0.15) is 13.2 Å². The molecule has 20 heavy (non-hydrogen) atoms. The first-order valence-corrected chi connectivity index (χ1v) is 7.01. The van der Waals surface area contributed by atoms with Crippen molar-refractivity contribution in [2.75, 3.05) is 13.2 Å². The number of hydrogen-bond acceptors (Lipinski definition) is 2. The van der Waals surface area contributed by atoms with E-state index in [1.165, 1.54) is 18.9 Å². The largest absolute Gasteiger partial charge is 0.493 e. The van der Waals surface area contributed by atoms with Gasteiger partial charge < -0.3 is 10.5 Å². The van der Waals surface area contributed by atoms with Crippen molar-refractivity contribution in [1.82, 2.24) is 0 Å². The fourth-order valence-corrected chi connectivity index (χ4v) is 2.79. The Kier molecular flexibility index (Phi) is 4.91. The van der Waals surface area contributed by atoms with Gasteiger partial charge in [0.1, 0.15) is 5.75 Å². The van der Waals surface area contributed by atoms with Crippen LogP contribution in [0.1, 0.15) is 31.2 Å². The summed E-state index contributed by atoms with van der Waals surface area (Å²) >= 11 is 0. The first kappa shape index (κ1) is 15.2. The van der Waals surface area contributed by atoms with Gasteiger partial charge in [0.2, 0.25) is 0 Å². The van der Waals surface area contributed by atoms with Crippen LogP contribution in [0, 0.1) is 11.8 Å². The summed E-state index contributed by atoms with van der Waals surface area (Å²) in [4.78, 5) is 0. The zero-order valence-corrected chi connectivity index (χ0v) is 11.3. The summed E-state index contributed by atoms with van der Waals surface area (Å²) in [5.74, 6) is 1.04. The van der Waals surface area contributed by atoms with Gasteiger partial charge in [0.05, 0.1) is 12.2 Å². The van der Waals surface area contributed by atoms with E-state index in [0.717, 1.165) is 25.0 Å². The summed E-state index contributed by atoms with van der Waals surface area (Å²) in [5.41, 5.74) is 5.08. The van der Waals surface area contributed by atoms with E-state index in [0.29, 0.717) is 19.1 Å². The molecule has 1 saturated carbocycles. The first-order chi connectivity index (χ1) is 9.50. The zero-order valence-electron chi connectivity index (χ0n) is 11.3. The molecule has 0 aromatic heterocycles. The normalized spacial score (nSPS) is 18.2.